The molecule has 0 unspecified atom stereocenters. The molecular formula is C18H30N2O. The molecule has 2 N–H and O–H groups in total. The lowest BCUT2D eigenvalue weighted by molar-refractivity contribution is 0.290. The highest BCUT2D eigenvalue weighted by Gasteiger charge is 2.20. The summed E-state index contributed by atoms with van der Waals surface area (Å²) in [4.78, 5) is 2.40. The highest BCUT2D eigenvalue weighted by molar-refractivity contribution is 5.48. The highest BCUT2D eigenvalue weighted by atomic mass is 16.3. The Kier molecular flexibility index (Phi) is 6.52. The van der Waals surface area contributed by atoms with Gasteiger partial charge >= 0.3 is 0 Å². The van der Waals surface area contributed by atoms with E-state index >= 15 is 0 Å². The number of nitrogens with one attached hydrogen (secondary N) is 1. The molecule has 1 aliphatic rings. The van der Waals surface area contributed by atoms with Crippen molar-refractivity contribution in [3.63, 3.8) is 0 Å². The molecule has 1 aromatic rings. The van der Waals surface area contributed by atoms with Gasteiger partial charge < -0.3 is 15.3 Å². The zero-order chi connectivity index (χ0) is 15.1. The molecule has 1 aromatic carbocycles. The van der Waals surface area contributed by atoms with Gasteiger partial charge in [0.1, 0.15) is 0 Å². The summed E-state index contributed by atoms with van der Waals surface area (Å²) < 4.78 is 0. The van der Waals surface area contributed by atoms with Gasteiger partial charge in [0.2, 0.25) is 0 Å². The van der Waals surface area contributed by atoms with Crippen molar-refractivity contribution in [1.29, 1.82) is 0 Å². The summed E-state index contributed by atoms with van der Waals surface area (Å²) >= 11 is 0. The zero-order valence-electron chi connectivity index (χ0n) is 13.5. The van der Waals surface area contributed by atoms with Crippen molar-refractivity contribution in [1.82, 2.24) is 5.32 Å². The molecule has 21 heavy (non-hydrogen) atoms. The largest absolute Gasteiger partial charge is 0.395 e. The second kappa shape index (κ2) is 8.40. The Morgan fingerprint density at radius 2 is 1.81 bits per heavy atom. The summed E-state index contributed by atoms with van der Waals surface area (Å²) in [5.74, 6) is 0. The zero-order valence-corrected chi connectivity index (χ0v) is 13.5. The van der Waals surface area contributed by atoms with Gasteiger partial charge in [-0.1, -0.05) is 45.2 Å². The molecule has 1 aliphatic carbocycles. The molecule has 0 radical (unpaired) electrons. The summed E-state index contributed by atoms with van der Waals surface area (Å²) in [7, 11) is 0. The molecule has 3 nitrogen and oxygen atoms in total. The van der Waals surface area contributed by atoms with Gasteiger partial charge in [-0.25, -0.2) is 0 Å². The van der Waals surface area contributed by atoms with E-state index < -0.39 is 0 Å². The molecule has 1 fully saturated rings. The van der Waals surface area contributed by atoms with Crippen LogP contribution in [-0.2, 0) is 6.54 Å². The van der Waals surface area contributed by atoms with Crippen molar-refractivity contribution < 1.29 is 5.11 Å². The molecule has 118 valence electrons. The molecule has 2 rings (SSSR count). The van der Waals surface area contributed by atoms with Gasteiger partial charge in [0.25, 0.3) is 0 Å². The molecule has 0 aliphatic heterocycles. The average Bonchev–Trinajstić information content (AvgIpc) is 2.52. The summed E-state index contributed by atoms with van der Waals surface area (Å²) in [6.45, 7) is 6.23. The van der Waals surface area contributed by atoms with Crippen LogP contribution in [0.5, 0.6) is 0 Å². The molecule has 0 aromatic heterocycles. The van der Waals surface area contributed by atoms with Crippen molar-refractivity contribution in [2.24, 2.45) is 0 Å². The third-order valence-corrected chi connectivity index (χ3v) is 4.34. The van der Waals surface area contributed by atoms with Gasteiger partial charge in [0, 0.05) is 30.9 Å². The van der Waals surface area contributed by atoms with Gasteiger partial charge in [-0.3, -0.25) is 0 Å². The molecule has 1 saturated carbocycles. The number of anilines is 1. The monoisotopic (exact) mass is 290 g/mol. The molecule has 0 amide bonds. The van der Waals surface area contributed by atoms with Gasteiger partial charge in [-0.05, 0) is 30.5 Å². The number of hydrogen-bond donors (Lipinski definition) is 2. The van der Waals surface area contributed by atoms with E-state index in [1.165, 1.54) is 43.4 Å². The van der Waals surface area contributed by atoms with Crippen LogP contribution >= 0.6 is 0 Å². The fourth-order valence-electron chi connectivity index (χ4n) is 3.15. The first kappa shape index (κ1) is 16.3. The summed E-state index contributed by atoms with van der Waals surface area (Å²) in [5, 5.41) is 12.8. The maximum absolute atomic E-state index is 9.38. The number of benzene rings is 1. The maximum atomic E-state index is 9.38. The van der Waals surface area contributed by atoms with Crippen molar-refractivity contribution in [2.75, 3.05) is 18.1 Å². The van der Waals surface area contributed by atoms with Crippen molar-refractivity contribution in [3.8, 4) is 0 Å². The molecule has 3 heteroatoms. The van der Waals surface area contributed by atoms with E-state index in [1.54, 1.807) is 0 Å². The quantitative estimate of drug-likeness (QED) is 0.808. The van der Waals surface area contributed by atoms with E-state index in [-0.39, 0.29) is 6.61 Å². The second-order valence-electron chi connectivity index (χ2n) is 6.41. The summed E-state index contributed by atoms with van der Waals surface area (Å²) in [5.41, 5.74) is 2.57. The minimum absolute atomic E-state index is 0.229. The van der Waals surface area contributed by atoms with Gasteiger partial charge in [-0.15, -0.1) is 0 Å². The molecule has 0 heterocycles. The first-order valence-electron chi connectivity index (χ1n) is 8.40. The van der Waals surface area contributed by atoms with Crippen molar-refractivity contribution >= 4 is 5.69 Å². The minimum atomic E-state index is 0.229. The average molecular weight is 290 g/mol. The normalized spacial score (nSPS) is 16.4. The Morgan fingerprint density at radius 3 is 2.38 bits per heavy atom. The maximum Gasteiger partial charge on any atom is 0.0606 e. The van der Waals surface area contributed by atoms with Gasteiger partial charge in [0.05, 0.1) is 6.61 Å². The van der Waals surface area contributed by atoms with Crippen LogP contribution in [0.25, 0.3) is 0 Å². The van der Waals surface area contributed by atoms with Crippen LogP contribution in [0.2, 0.25) is 0 Å². The Bertz CT molecular complexity index is 396. The lowest BCUT2D eigenvalue weighted by atomic mass is 9.93. The smallest absolute Gasteiger partial charge is 0.0606 e. The van der Waals surface area contributed by atoms with Crippen LogP contribution in [0.1, 0.15) is 51.5 Å². The van der Waals surface area contributed by atoms with Crippen molar-refractivity contribution in [3.05, 3.63) is 29.8 Å². The number of hydrogen-bond acceptors (Lipinski definition) is 3. The van der Waals surface area contributed by atoms with E-state index in [0.717, 1.165) is 13.1 Å². The summed E-state index contributed by atoms with van der Waals surface area (Å²) in [6, 6.07) is 9.95. The van der Waals surface area contributed by atoms with Crippen LogP contribution in [-0.4, -0.2) is 30.3 Å². The second-order valence-corrected chi connectivity index (χ2v) is 6.41. The Hall–Kier alpha value is -1.06. The predicted octanol–water partition coefficient (Wildman–Crippen LogP) is 3.32. The number of aliphatic hydroxyl groups excluding tert-OH is 1. The van der Waals surface area contributed by atoms with E-state index in [2.05, 4.69) is 48.3 Å². The van der Waals surface area contributed by atoms with Gasteiger partial charge in [-0.2, -0.15) is 0 Å². The standard InChI is InChI=1S/C18H30N2O/c1-15(2)19-14-16-8-10-18(11-9-16)20(12-13-21)17-6-4-3-5-7-17/h8-11,15,17,19,21H,3-7,12-14H2,1-2H3. The van der Waals surface area contributed by atoms with Crippen LogP contribution < -0.4 is 10.2 Å². The van der Waals surface area contributed by atoms with Crippen LogP contribution in [0.3, 0.4) is 0 Å². The molecule has 0 spiro atoms. The fourth-order valence-corrected chi connectivity index (χ4v) is 3.15. The third kappa shape index (κ3) is 5.01. The van der Waals surface area contributed by atoms with E-state index in [1.807, 2.05) is 0 Å². The first-order valence-corrected chi connectivity index (χ1v) is 8.40. The lowest BCUT2D eigenvalue weighted by Crippen LogP contribution is -2.38. The first-order chi connectivity index (χ1) is 10.2. The number of nitrogens with zero attached hydrogens (tertiary/aromatic N) is 1. The fraction of sp³-hybridized carbons (Fsp3) is 0.667. The van der Waals surface area contributed by atoms with E-state index in [9.17, 15) is 5.11 Å². The topological polar surface area (TPSA) is 35.5 Å². The third-order valence-electron chi connectivity index (χ3n) is 4.34. The van der Waals surface area contributed by atoms with Crippen LogP contribution in [0.15, 0.2) is 24.3 Å². The van der Waals surface area contributed by atoms with E-state index in [0.29, 0.717) is 12.1 Å². The predicted molar refractivity (Wildman–Crippen MR) is 89.7 cm³/mol. The van der Waals surface area contributed by atoms with Crippen LogP contribution in [0.4, 0.5) is 5.69 Å². The Morgan fingerprint density at radius 1 is 1.14 bits per heavy atom. The Balaban J connectivity index is 2.02. The number of aliphatic hydroxyl groups is 1. The SMILES string of the molecule is CC(C)NCc1ccc(N(CCO)C2CCCCC2)cc1. The number of rotatable bonds is 7. The Labute approximate surface area is 129 Å². The van der Waals surface area contributed by atoms with Crippen LogP contribution in [0, 0.1) is 0 Å². The lowest BCUT2D eigenvalue weighted by Gasteiger charge is -2.36. The molecule has 0 bridgehead atoms. The van der Waals surface area contributed by atoms with Crippen molar-refractivity contribution in [2.45, 2.75) is 64.6 Å². The highest BCUT2D eigenvalue weighted by Crippen LogP contribution is 2.27. The molecule has 0 saturated heterocycles. The van der Waals surface area contributed by atoms with E-state index in [4.69, 9.17) is 0 Å². The minimum Gasteiger partial charge on any atom is -0.395 e. The summed E-state index contributed by atoms with van der Waals surface area (Å²) in [6.07, 6.45) is 6.53. The van der Waals surface area contributed by atoms with Gasteiger partial charge in [0.15, 0.2) is 0 Å². The molecular weight excluding hydrogens is 260 g/mol. The molecule has 0 atom stereocenters.